The molecule has 3 aromatic carbocycles. The van der Waals surface area contributed by atoms with Crippen LogP contribution in [0.4, 0.5) is 0 Å². The first-order chi connectivity index (χ1) is 17.1. The van der Waals surface area contributed by atoms with Crippen molar-refractivity contribution in [2.45, 2.75) is 49.9 Å². The summed E-state index contributed by atoms with van der Waals surface area (Å²) in [6.45, 7) is 0. The summed E-state index contributed by atoms with van der Waals surface area (Å²) in [4.78, 5) is 31.9. The van der Waals surface area contributed by atoms with E-state index in [0.717, 1.165) is 25.7 Å². The van der Waals surface area contributed by atoms with E-state index < -0.39 is 17.2 Å². The van der Waals surface area contributed by atoms with Gasteiger partial charge in [0.2, 0.25) is 5.69 Å². The second kappa shape index (κ2) is 8.78. The highest BCUT2D eigenvalue weighted by Crippen LogP contribution is 2.47. The van der Waals surface area contributed by atoms with E-state index in [0.29, 0.717) is 23.1 Å². The Hall–Kier alpha value is -3.77. The zero-order chi connectivity index (χ0) is 23.9. The van der Waals surface area contributed by atoms with E-state index in [9.17, 15) is 14.7 Å². The van der Waals surface area contributed by atoms with E-state index in [1.807, 2.05) is 30.3 Å². The second-order valence-corrected chi connectivity index (χ2v) is 9.61. The quantitative estimate of drug-likeness (QED) is 0.446. The van der Waals surface area contributed by atoms with Crippen molar-refractivity contribution >= 4 is 17.0 Å². The van der Waals surface area contributed by atoms with Crippen molar-refractivity contribution in [3.05, 3.63) is 112 Å². The molecule has 1 unspecified atom stereocenters. The third-order valence-electron chi connectivity index (χ3n) is 7.66. The van der Waals surface area contributed by atoms with E-state index in [2.05, 4.69) is 58.4 Å². The fourth-order valence-electron chi connectivity index (χ4n) is 6.28. The minimum atomic E-state index is -1.27. The molecule has 6 rings (SSSR count). The number of fused-ring (bicyclic) bond motifs is 3. The first-order valence-corrected chi connectivity index (χ1v) is 12.2. The zero-order valence-electron chi connectivity index (χ0n) is 19.3. The van der Waals surface area contributed by atoms with Crippen LogP contribution in [-0.4, -0.2) is 37.6 Å². The first kappa shape index (κ1) is 21.7. The number of piperidine rings is 1. The summed E-state index contributed by atoms with van der Waals surface area (Å²) < 4.78 is 1.72. The maximum atomic E-state index is 13.3. The number of nitrogens with zero attached hydrogens (tertiary/aromatic N) is 3. The van der Waals surface area contributed by atoms with Crippen molar-refractivity contribution in [1.29, 1.82) is 0 Å². The van der Waals surface area contributed by atoms with Crippen molar-refractivity contribution in [3.63, 3.8) is 0 Å². The van der Waals surface area contributed by atoms with Crippen molar-refractivity contribution in [2.24, 2.45) is 0 Å². The molecule has 4 aromatic rings. The molecule has 3 atom stereocenters. The van der Waals surface area contributed by atoms with Gasteiger partial charge in [-0.15, -0.1) is 0 Å². The minimum absolute atomic E-state index is 0.0607. The van der Waals surface area contributed by atoms with Gasteiger partial charge in [0, 0.05) is 18.1 Å². The molecule has 0 amide bonds. The molecule has 0 radical (unpaired) electrons. The second-order valence-electron chi connectivity index (χ2n) is 9.61. The highest BCUT2D eigenvalue weighted by Gasteiger charge is 2.45. The Kier molecular flexibility index (Phi) is 5.46. The van der Waals surface area contributed by atoms with Crippen molar-refractivity contribution in [2.75, 3.05) is 0 Å². The van der Waals surface area contributed by atoms with E-state index in [4.69, 9.17) is 0 Å². The van der Waals surface area contributed by atoms with Crippen LogP contribution in [0.25, 0.3) is 11.0 Å². The van der Waals surface area contributed by atoms with E-state index in [1.165, 1.54) is 11.1 Å². The fourth-order valence-corrected chi connectivity index (χ4v) is 6.28. The van der Waals surface area contributed by atoms with Gasteiger partial charge in [0.1, 0.15) is 0 Å². The SMILES string of the molecule is O=C(O)c1nc2ccccc2n([C@H]2CC3CC[C@@H](C2)N3C(c2ccccc2)c2ccccc2)c1=O. The Bertz CT molecular complexity index is 1380. The molecule has 1 aromatic heterocycles. The van der Waals surface area contributed by atoms with Gasteiger partial charge >= 0.3 is 5.97 Å². The molecule has 2 fully saturated rings. The molecule has 0 saturated carbocycles. The van der Waals surface area contributed by atoms with Crippen molar-refractivity contribution in [1.82, 2.24) is 14.5 Å². The molecular weight excluding hydrogens is 438 g/mol. The Morgan fingerprint density at radius 2 is 1.34 bits per heavy atom. The van der Waals surface area contributed by atoms with Crippen LogP contribution >= 0.6 is 0 Å². The number of para-hydroxylation sites is 2. The van der Waals surface area contributed by atoms with E-state index >= 15 is 0 Å². The molecule has 3 heterocycles. The molecule has 0 aliphatic carbocycles. The number of hydrogen-bond donors (Lipinski definition) is 1. The molecule has 35 heavy (non-hydrogen) atoms. The molecule has 6 nitrogen and oxygen atoms in total. The Morgan fingerprint density at radius 1 is 0.800 bits per heavy atom. The number of hydrogen-bond acceptors (Lipinski definition) is 4. The normalized spacial score (nSPS) is 22.0. The number of carboxylic acids is 1. The lowest BCUT2D eigenvalue weighted by molar-refractivity contribution is 0.0681. The van der Waals surface area contributed by atoms with Crippen molar-refractivity contribution < 1.29 is 9.90 Å². The maximum absolute atomic E-state index is 13.3. The number of rotatable bonds is 5. The molecule has 2 saturated heterocycles. The average Bonchev–Trinajstić information content (AvgIpc) is 3.13. The lowest BCUT2D eigenvalue weighted by Crippen LogP contribution is -2.47. The Morgan fingerprint density at radius 3 is 1.91 bits per heavy atom. The molecule has 2 aliphatic rings. The van der Waals surface area contributed by atoms with Crippen LogP contribution < -0.4 is 5.56 Å². The molecular formula is C29H27N3O3. The summed E-state index contributed by atoms with van der Waals surface area (Å²) in [6, 6.07) is 29.3. The van der Waals surface area contributed by atoms with Crippen LogP contribution in [0.1, 0.15) is 59.4 Å². The Balaban J connectivity index is 1.42. The summed E-state index contributed by atoms with van der Waals surface area (Å²) in [7, 11) is 0. The van der Waals surface area contributed by atoms with Gasteiger partial charge in [0.15, 0.2) is 0 Å². The lowest BCUT2D eigenvalue weighted by Gasteiger charge is -2.44. The molecule has 6 heteroatoms. The van der Waals surface area contributed by atoms with Gasteiger partial charge in [-0.1, -0.05) is 72.8 Å². The van der Waals surface area contributed by atoms with E-state index in [1.54, 1.807) is 10.6 Å². The predicted molar refractivity (Wildman–Crippen MR) is 135 cm³/mol. The highest BCUT2D eigenvalue weighted by molar-refractivity contribution is 5.88. The molecule has 176 valence electrons. The van der Waals surface area contributed by atoms with Crippen LogP contribution in [-0.2, 0) is 0 Å². The third kappa shape index (κ3) is 3.74. The average molecular weight is 466 g/mol. The standard InChI is InChI=1S/C29H27N3O3/c33-28-26(29(34)35)30-24-13-7-8-14-25(24)32(28)23-17-21-15-16-22(18-23)31(21)27(19-9-3-1-4-10-19)20-11-5-2-6-12-20/h1-14,21-23,27H,15-18H2,(H,34,35)/t21-,22?,23+/m0/s1. The minimum Gasteiger partial charge on any atom is -0.476 e. The first-order valence-electron chi connectivity index (χ1n) is 12.2. The maximum Gasteiger partial charge on any atom is 0.360 e. The van der Waals surface area contributed by atoms with Crippen LogP contribution in [0.15, 0.2) is 89.7 Å². The summed E-state index contributed by atoms with van der Waals surface area (Å²) >= 11 is 0. The van der Waals surface area contributed by atoms with Gasteiger partial charge < -0.3 is 9.67 Å². The van der Waals surface area contributed by atoms with Gasteiger partial charge in [-0.2, -0.15) is 0 Å². The van der Waals surface area contributed by atoms with Gasteiger partial charge in [0.05, 0.1) is 17.1 Å². The predicted octanol–water partition coefficient (Wildman–Crippen LogP) is 5.05. The number of carbonyl (C=O) groups is 1. The Labute approximate surface area is 203 Å². The van der Waals surface area contributed by atoms with Gasteiger partial charge in [0.25, 0.3) is 5.56 Å². The monoisotopic (exact) mass is 465 g/mol. The van der Waals surface area contributed by atoms with Gasteiger partial charge in [-0.05, 0) is 48.9 Å². The number of aromatic carboxylic acids is 1. The van der Waals surface area contributed by atoms with Crippen LogP contribution in [0.5, 0.6) is 0 Å². The van der Waals surface area contributed by atoms with E-state index in [-0.39, 0.29) is 12.1 Å². The molecule has 1 N–H and O–H groups in total. The summed E-state index contributed by atoms with van der Waals surface area (Å²) in [5.74, 6) is -1.27. The zero-order valence-corrected chi connectivity index (χ0v) is 19.3. The number of aromatic nitrogens is 2. The molecule has 2 bridgehead atoms. The van der Waals surface area contributed by atoms with Crippen LogP contribution in [0, 0.1) is 0 Å². The smallest absolute Gasteiger partial charge is 0.360 e. The molecule has 0 spiro atoms. The van der Waals surface area contributed by atoms with Crippen LogP contribution in [0.2, 0.25) is 0 Å². The lowest BCUT2D eigenvalue weighted by atomic mass is 9.89. The fraction of sp³-hybridized carbons (Fsp3) is 0.276. The largest absolute Gasteiger partial charge is 0.476 e. The summed E-state index contributed by atoms with van der Waals surface area (Å²) in [5, 5.41) is 9.65. The number of benzene rings is 3. The van der Waals surface area contributed by atoms with Gasteiger partial charge in [-0.25, -0.2) is 9.78 Å². The topological polar surface area (TPSA) is 75.4 Å². The number of carboxylic acid groups (broad SMARTS) is 1. The van der Waals surface area contributed by atoms with Gasteiger partial charge in [-0.3, -0.25) is 9.69 Å². The highest BCUT2D eigenvalue weighted by atomic mass is 16.4. The van der Waals surface area contributed by atoms with Crippen LogP contribution in [0.3, 0.4) is 0 Å². The van der Waals surface area contributed by atoms with Crippen molar-refractivity contribution in [3.8, 4) is 0 Å². The third-order valence-corrected chi connectivity index (χ3v) is 7.66. The molecule has 2 aliphatic heterocycles. The summed E-state index contributed by atoms with van der Waals surface area (Å²) in [6.07, 6.45) is 3.75. The summed E-state index contributed by atoms with van der Waals surface area (Å²) in [5.41, 5.74) is 2.90.